The van der Waals surface area contributed by atoms with E-state index in [0.717, 1.165) is 12.0 Å². The molecule has 1 aliphatic rings. The van der Waals surface area contributed by atoms with E-state index in [4.69, 9.17) is 9.47 Å². The van der Waals surface area contributed by atoms with Crippen molar-refractivity contribution >= 4 is 10.0 Å². The molecule has 6 nitrogen and oxygen atoms in total. The van der Waals surface area contributed by atoms with Crippen molar-refractivity contribution in [2.24, 2.45) is 0 Å². The van der Waals surface area contributed by atoms with Gasteiger partial charge in [0.2, 0.25) is 10.0 Å². The largest absolute Gasteiger partial charge is 0.496 e. The topological polar surface area (TPSA) is 67.9 Å². The third-order valence-corrected chi connectivity index (χ3v) is 5.33. The molecular weight excluding hydrogens is 292 g/mol. The first-order valence-corrected chi connectivity index (χ1v) is 8.43. The number of benzene rings is 1. The molecule has 0 radical (unpaired) electrons. The highest BCUT2D eigenvalue weighted by atomic mass is 32.2. The number of methoxy groups -OCH3 is 1. The number of nitrogens with zero attached hydrogens (tertiary/aromatic N) is 1. The van der Waals surface area contributed by atoms with Crippen molar-refractivity contribution in [3.05, 3.63) is 23.8 Å². The van der Waals surface area contributed by atoms with Crippen LogP contribution in [0.1, 0.15) is 12.0 Å². The third kappa shape index (κ3) is 3.74. The van der Waals surface area contributed by atoms with Crippen molar-refractivity contribution in [3.63, 3.8) is 0 Å². The first-order chi connectivity index (χ1) is 10.1. The fourth-order valence-corrected chi connectivity index (χ4v) is 3.87. The Hall–Kier alpha value is -1.15. The molecule has 1 aromatic rings. The fraction of sp³-hybridized carbons (Fsp3) is 0.571. The lowest BCUT2D eigenvalue weighted by Crippen LogP contribution is -2.33. The van der Waals surface area contributed by atoms with Gasteiger partial charge >= 0.3 is 0 Å². The summed E-state index contributed by atoms with van der Waals surface area (Å²) in [6, 6.07) is 4.98. The molecule has 1 aliphatic heterocycles. The van der Waals surface area contributed by atoms with Gasteiger partial charge in [0.1, 0.15) is 5.75 Å². The molecule has 2 rings (SSSR count). The van der Waals surface area contributed by atoms with Gasteiger partial charge in [-0.3, -0.25) is 0 Å². The lowest BCUT2D eigenvalue weighted by Gasteiger charge is -2.20. The summed E-state index contributed by atoms with van der Waals surface area (Å²) in [6.07, 6.45) is 0.721. The SMILES string of the molecule is CNCc1cc(S(=O)(=O)N2CCCOCC2)ccc1OC. The molecule has 0 aromatic heterocycles. The molecule has 1 saturated heterocycles. The average molecular weight is 314 g/mol. The molecule has 0 bridgehead atoms. The number of hydrogen-bond donors (Lipinski definition) is 1. The summed E-state index contributed by atoms with van der Waals surface area (Å²) in [5.41, 5.74) is 0.826. The Morgan fingerprint density at radius 3 is 2.86 bits per heavy atom. The molecule has 0 amide bonds. The molecule has 1 aromatic carbocycles. The first-order valence-electron chi connectivity index (χ1n) is 6.99. The van der Waals surface area contributed by atoms with E-state index in [1.165, 1.54) is 4.31 Å². The Kier molecular flexibility index (Phi) is 5.58. The smallest absolute Gasteiger partial charge is 0.243 e. The zero-order valence-electron chi connectivity index (χ0n) is 12.5. The summed E-state index contributed by atoms with van der Waals surface area (Å²) in [5.74, 6) is 0.683. The van der Waals surface area contributed by atoms with Crippen molar-refractivity contribution in [1.82, 2.24) is 9.62 Å². The fourth-order valence-electron chi connectivity index (χ4n) is 2.36. The van der Waals surface area contributed by atoms with E-state index in [1.807, 2.05) is 7.05 Å². The second-order valence-electron chi connectivity index (χ2n) is 4.87. The van der Waals surface area contributed by atoms with E-state index in [-0.39, 0.29) is 0 Å². The number of nitrogens with one attached hydrogen (secondary N) is 1. The molecule has 0 unspecified atom stereocenters. The Morgan fingerprint density at radius 1 is 1.33 bits per heavy atom. The molecule has 1 N–H and O–H groups in total. The van der Waals surface area contributed by atoms with Crippen LogP contribution in [-0.4, -0.2) is 53.2 Å². The summed E-state index contributed by atoms with van der Waals surface area (Å²) < 4.78 is 37.5. The molecule has 1 fully saturated rings. The normalized spacial score (nSPS) is 17.4. The first kappa shape index (κ1) is 16.2. The van der Waals surface area contributed by atoms with Gasteiger partial charge in [0, 0.05) is 31.8 Å². The van der Waals surface area contributed by atoms with Crippen LogP contribution in [-0.2, 0) is 21.3 Å². The molecule has 0 spiro atoms. The molecule has 118 valence electrons. The van der Waals surface area contributed by atoms with E-state index in [0.29, 0.717) is 43.5 Å². The molecule has 1 heterocycles. The number of sulfonamides is 1. The van der Waals surface area contributed by atoms with Gasteiger partial charge < -0.3 is 14.8 Å². The lowest BCUT2D eigenvalue weighted by molar-refractivity contribution is 0.148. The Labute approximate surface area is 126 Å². The van der Waals surface area contributed by atoms with Crippen LogP contribution in [0.4, 0.5) is 0 Å². The van der Waals surface area contributed by atoms with Crippen molar-refractivity contribution in [2.45, 2.75) is 17.9 Å². The zero-order chi connectivity index (χ0) is 15.3. The molecule has 21 heavy (non-hydrogen) atoms. The van der Waals surface area contributed by atoms with Gasteiger partial charge in [0.05, 0.1) is 18.6 Å². The lowest BCUT2D eigenvalue weighted by atomic mass is 10.2. The molecule has 0 saturated carbocycles. The van der Waals surface area contributed by atoms with Crippen LogP contribution in [0.15, 0.2) is 23.1 Å². The minimum absolute atomic E-state index is 0.301. The van der Waals surface area contributed by atoms with Gasteiger partial charge in [0.15, 0.2) is 0 Å². The molecule has 0 aliphatic carbocycles. The minimum Gasteiger partial charge on any atom is -0.496 e. The van der Waals surface area contributed by atoms with Crippen molar-refractivity contribution in [1.29, 1.82) is 0 Å². The van der Waals surface area contributed by atoms with E-state index < -0.39 is 10.0 Å². The molecular formula is C14H22N2O4S. The van der Waals surface area contributed by atoms with Gasteiger partial charge in [-0.15, -0.1) is 0 Å². The maximum atomic E-state index is 12.7. The highest BCUT2D eigenvalue weighted by molar-refractivity contribution is 7.89. The summed E-state index contributed by atoms with van der Waals surface area (Å²) in [6.45, 7) is 2.50. The van der Waals surface area contributed by atoms with E-state index >= 15 is 0 Å². The van der Waals surface area contributed by atoms with Crippen molar-refractivity contribution < 1.29 is 17.9 Å². The highest BCUT2D eigenvalue weighted by Crippen LogP contribution is 2.25. The summed E-state index contributed by atoms with van der Waals surface area (Å²) in [4.78, 5) is 0.301. The summed E-state index contributed by atoms with van der Waals surface area (Å²) >= 11 is 0. The van der Waals surface area contributed by atoms with Crippen LogP contribution in [0.5, 0.6) is 5.75 Å². The second kappa shape index (κ2) is 7.22. The van der Waals surface area contributed by atoms with E-state index in [1.54, 1.807) is 25.3 Å². The van der Waals surface area contributed by atoms with Crippen LogP contribution >= 0.6 is 0 Å². The predicted octanol–water partition coefficient (Wildman–Crippen LogP) is 0.826. The maximum absolute atomic E-state index is 12.7. The van der Waals surface area contributed by atoms with E-state index in [2.05, 4.69) is 5.32 Å². The van der Waals surface area contributed by atoms with Gasteiger partial charge in [-0.05, 0) is 31.7 Å². The van der Waals surface area contributed by atoms with Crippen molar-refractivity contribution in [2.75, 3.05) is 40.5 Å². The standard InChI is InChI=1S/C14H22N2O4S/c1-15-11-12-10-13(4-5-14(12)19-2)21(17,18)16-6-3-8-20-9-7-16/h4-5,10,15H,3,6-9,11H2,1-2H3. The Morgan fingerprint density at radius 2 is 2.14 bits per heavy atom. The average Bonchev–Trinajstić information content (AvgIpc) is 2.77. The molecule has 0 atom stereocenters. The monoisotopic (exact) mass is 314 g/mol. The summed E-state index contributed by atoms with van der Waals surface area (Å²) in [7, 11) is -0.0907. The van der Waals surface area contributed by atoms with Gasteiger partial charge in [0.25, 0.3) is 0 Å². The Balaban J connectivity index is 2.32. The third-order valence-electron chi connectivity index (χ3n) is 3.44. The van der Waals surface area contributed by atoms with Crippen LogP contribution in [0.2, 0.25) is 0 Å². The predicted molar refractivity (Wildman–Crippen MR) is 80.0 cm³/mol. The van der Waals surface area contributed by atoms with Crippen molar-refractivity contribution in [3.8, 4) is 5.75 Å². The van der Waals surface area contributed by atoms with Gasteiger partial charge in [-0.2, -0.15) is 4.31 Å². The number of rotatable bonds is 5. The van der Waals surface area contributed by atoms with Crippen LogP contribution in [0.3, 0.4) is 0 Å². The van der Waals surface area contributed by atoms with Gasteiger partial charge in [-0.1, -0.05) is 0 Å². The Bertz CT molecular complexity index is 566. The van der Waals surface area contributed by atoms with Gasteiger partial charge in [-0.25, -0.2) is 8.42 Å². The van der Waals surface area contributed by atoms with Crippen LogP contribution in [0, 0.1) is 0 Å². The summed E-state index contributed by atoms with van der Waals surface area (Å²) in [5, 5.41) is 3.02. The number of ether oxygens (including phenoxy) is 2. The van der Waals surface area contributed by atoms with E-state index in [9.17, 15) is 8.42 Å². The zero-order valence-corrected chi connectivity index (χ0v) is 13.3. The maximum Gasteiger partial charge on any atom is 0.243 e. The van der Waals surface area contributed by atoms with Crippen LogP contribution < -0.4 is 10.1 Å². The second-order valence-corrected chi connectivity index (χ2v) is 6.81. The quantitative estimate of drug-likeness (QED) is 0.872. The number of hydrogen-bond acceptors (Lipinski definition) is 5. The minimum atomic E-state index is -3.48. The highest BCUT2D eigenvalue weighted by Gasteiger charge is 2.26. The van der Waals surface area contributed by atoms with Crippen LogP contribution in [0.25, 0.3) is 0 Å². The molecule has 7 heteroatoms.